The van der Waals surface area contributed by atoms with E-state index in [-0.39, 0.29) is 0 Å². The van der Waals surface area contributed by atoms with Crippen LogP contribution < -0.4 is 0 Å². The van der Waals surface area contributed by atoms with E-state index in [4.69, 9.17) is 4.55 Å². The lowest BCUT2D eigenvalue weighted by Gasteiger charge is -2.01. The van der Waals surface area contributed by atoms with Gasteiger partial charge in [-0.2, -0.15) is 0 Å². The zero-order chi connectivity index (χ0) is 8.53. The van der Waals surface area contributed by atoms with Crippen molar-refractivity contribution in [2.45, 2.75) is 39.2 Å². The van der Waals surface area contributed by atoms with Crippen LogP contribution in [0.25, 0.3) is 0 Å². The first-order valence-electron chi connectivity index (χ1n) is 4.09. The Bertz CT molecular complexity index is 106. The van der Waals surface area contributed by atoms with E-state index in [0.717, 1.165) is 30.6 Å². The van der Waals surface area contributed by atoms with Gasteiger partial charge in [0.25, 0.3) is 0 Å². The second kappa shape index (κ2) is 8.08. The average Bonchev–Trinajstić information content (AvgIpc) is 1.99. The van der Waals surface area contributed by atoms with Crippen LogP contribution in [0.2, 0.25) is 0 Å². The number of rotatable bonds is 6. The Morgan fingerprint density at radius 1 is 1.64 bits per heavy atom. The van der Waals surface area contributed by atoms with Crippen LogP contribution in [-0.2, 0) is 0 Å². The smallest absolute Gasteiger partial charge is 0.0467 e. The van der Waals surface area contributed by atoms with Gasteiger partial charge >= 0.3 is 0 Å². The molecule has 0 heterocycles. The Morgan fingerprint density at radius 2 is 2.36 bits per heavy atom. The van der Waals surface area contributed by atoms with E-state index in [1.54, 1.807) is 0 Å². The lowest BCUT2D eigenvalue weighted by Crippen LogP contribution is -1.97. The molecular weight excluding hydrogens is 158 g/mol. The van der Waals surface area contributed by atoms with Crippen molar-refractivity contribution in [2.75, 3.05) is 5.75 Å². The second-order valence-electron chi connectivity index (χ2n) is 2.59. The van der Waals surface area contributed by atoms with Crippen LogP contribution in [0.5, 0.6) is 0 Å². The normalized spacial score (nSPS) is 14.1. The van der Waals surface area contributed by atoms with Gasteiger partial charge in [0.1, 0.15) is 0 Å². The van der Waals surface area contributed by atoms with Crippen molar-refractivity contribution < 1.29 is 4.55 Å². The van der Waals surface area contributed by atoms with Gasteiger partial charge < -0.3 is 4.55 Å². The summed E-state index contributed by atoms with van der Waals surface area (Å²) in [7, 11) is 0. The summed E-state index contributed by atoms with van der Waals surface area (Å²) in [5, 5.41) is 0. The van der Waals surface area contributed by atoms with E-state index in [9.17, 15) is 0 Å². The molecular formula is C8H17NOS. The van der Waals surface area contributed by atoms with Crippen molar-refractivity contribution in [3.05, 3.63) is 0 Å². The monoisotopic (exact) mass is 175 g/mol. The van der Waals surface area contributed by atoms with E-state index in [1.165, 1.54) is 6.42 Å². The van der Waals surface area contributed by atoms with Crippen LogP contribution >= 0.6 is 12.0 Å². The Labute approximate surface area is 73.3 Å². The maximum atomic E-state index is 8.39. The SMILES string of the molecule is CCCC(C)/N=C/CCSO. The Morgan fingerprint density at radius 3 is 2.91 bits per heavy atom. The molecule has 0 bridgehead atoms. The summed E-state index contributed by atoms with van der Waals surface area (Å²) in [6, 6.07) is 0.448. The summed E-state index contributed by atoms with van der Waals surface area (Å²) in [6.07, 6.45) is 5.12. The van der Waals surface area contributed by atoms with Gasteiger partial charge in [0.15, 0.2) is 0 Å². The van der Waals surface area contributed by atoms with Crippen molar-refractivity contribution in [2.24, 2.45) is 4.99 Å². The van der Waals surface area contributed by atoms with Gasteiger partial charge in [0, 0.05) is 11.8 Å². The zero-order valence-electron chi connectivity index (χ0n) is 7.29. The zero-order valence-corrected chi connectivity index (χ0v) is 8.10. The van der Waals surface area contributed by atoms with E-state index in [0.29, 0.717) is 6.04 Å². The quantitative estimate of drug-likeness (QED) is 0.382. The molecule has 11 heavy (non-hydrogen) atoms. The summed E-state index contributed by atoms with van der Waals surface area (Å²) < 4.78 is 8.39. The van der Waals surface area contributed by atoms with Crippen molar-refractivity contribution in [1.29, 1.82) is 0 Å². The van der Waals surface area contributed by atoms with Crippen LogP contribution in [0.1, 0.15) is 33.1 Å². The molecule has 0 aliphatic heterocycles. The van der Waals surface area contributed by atoms with Gasteiger partial charge in [-0.3, -0.25) is 4.99 Å². The first kappa shape index (κ1) is 11.0. The predicted molar refractivity (Wildman–Crippen MR) is 52.6 cm³/mol. The van der Waals surface area contributed by atoms with Crippen LogP contribution in [0.3, 0.4) is 0 Å². The molecule has 0 radical (unpaired) electrons. The standard InChI is InChI=1S/C8H17NOS/c1-3-5-8(2)9-6-4-7-11-10/h6,8,10H,3-5,7H2,1-2H3/b9-6+. The highest BCUT2D eigenvalue weighted by molar-refractivity contribution is 7.93. The molecule has 0 aromatic carbocycles. The minimum Gasteiger partial charge on any atom is -0.330 e. The minimum absolute atomic E-state index is 0.448. The fourth-order valence-electron chi connectivity index (χ4n) is 0.852. The molecule has 0 amide bonds. The summed E-state index contributed by atoms with van der Waals surface area (Å²) in [5.41, 5.74) is 0. The Kier molecular flexibility index (Phi) is 8.07. The summed E-state index contributed by atoms with van der Waals surface area (Å²) >= 11 is 0.875. The topological polar surface area (TPSA) is 32.6 Å². The fourth-order valence-corrected chi connectivity index (χ4v) is 1.06. The van der Waals surface area contributed by atoms with Gasteiger partial charge in [0.05, 0.1) is 0 Å². The molecule has 1 atom stereocenters. The maximum Gasteiger partial charge on any atom is 0.0467 e. The van der Waals surface area contributed by atoms with E-state index < -0.39 is 0 Å². The lowest BCUT2D eigenvalue weighted by molar-refractivity contribution is 0.654. The molecule has 0 saturated carbocycles. The third-order valence-corrected chi connectivity index (χ3v) is 1.82. The number of nitrogens with zero attached hydrogens (tertiary/aromatic N) is 1. The molecule has 1 unspecified atom stereocenters. The molecule has 0 aliphatic carbocycles. The highest BCUT2D eigenvalue weighted by Crippen LogP contribution is 2.00. The highest BCUT2D eigenvalue weighted by atomic mass is 32.2. The molecule has 0 fully saturated rings. The Hall–Kier alpha value is -0.0200. The van der Waals surface area contributed by atoms with Crippen LogP contribution in [0.15, 0.2) is 4.99 Å². The van der Waals surface area contributed by atoms with Gasteiger partial charge in [-0.25, -0.2) is 0 Å². The van der Waals surface area contributed by atoms with Crippen molar-refractivity contribution >= 4 is 18.3 Å². The largest absolute Gasteiger partial charge is 0.330 e. The third kappa shape index (κ3) is 7.88. The second-order valence-corrected chi connectivity index (χ2v) is 3.26. The van der Waals surface area contributed by atoms with Gasteiger partial charge in [-0.15, -0.1) is 0 Å². The van der Waals surface area contributed by atoms with Crippen molar-refractivity contribution in [1.82, 2.24) is 0 Å². The molecule has 2 nitrogen and oxygen atoms in total. The summed E-state index contributed by atoms with van der Waals surface area (Å²) in [5.74, 6) is 0.752. The average molecular weight is 175 g/mol. The third-order valence-electron chi connectivity index (χ3n) is 1.40. The van der Waals surface area contributed by atoms with Crippen molar-refractivity contribution in [3.63, 3.8) is 0 Å². The first-order chi connectivity index (χ1) is 5.31. The van der Waals surface area contributed by atoms with Crippen LogP contribution in [-0.4, -0.2) is 22.6 Å². The molecule has 0 saturated heterocycles. The molecule has 0 aromatic rings. The molecule has 0 rings (SSSR count). The van der Waals surface area contributed by atoms with E-state index >= 15 is 0 Å². The molecule has 0 aliphatic rings. The van der Waals surface area contributed by atoms with E-state index in [2.05, 4.69) is 18.8 Å². The van der Waals surface area contributed by atoms with Crippen LogP contribution in [0.4, 0.5) is 0 Å². The predicted octanol–water partition coefficient (Wildman–Crippen LogP) is 2.84. The molecule has 66 valence electrons. The van der Waals surface area contributed by atoms with Gasteiger partial charge in [-0.1, -0.05) is 13.3 Å². The molecule has 1 N–H and O–H groups in total. The lowest BCUT2D eigenvalue weighted by atomic mass is 10.2. The fraction of sp³-hybridized carbons (Fsp3) is 0.875. The van der Waals surface area contributed by atoms with Crippen molar-refractivity contribution in [3.8, 4) is 0 Å². The Balaban J connectivity index is 3.24. The maximum absolute atomic E-state index is 8.39. The summed E-state index contributed by atoms with van der Waals surface area (Å²) in [6.45, 7) is 4.28. The number of aliphatic imine (C=N–C) groups is 1. The number of hydrogen-bond acceptors (Lipinski definition) is 3. The van der Waals surface area contributed by atoms with Crippen LogP contribution in [0, 0.1) is 0 Å². The van der Waals surface area contributed by atoms with Gasteiger partial charge in [0.2, 0.25) is 0 Å². The molecule has 3 heteroatoms. The molecule has 0 spiro atoms. The minimum atomic E-state index is 0.448. The summed E-state index contributed by atoms with van der Waals surface area (Å²) in [4.78, 5) is 4.30. The highest BCUT2D eigenvalue weighted by Gasteiger charge is 1.93. The number of hydrogen-bond donors (Lipinski definition) is 1. The molecule has 0 aromatic heterocycles. The first-order valence-corrected chi connectivity index (χ1v) is 5.03. The van der Waals surface area contributed by atoms with E-state index in [1.807, 2.05) is 6.21 Å². The van der Waals surface area contributed by atoms with Gasteiger partial charge in [-0.05, 0) is 38.0 Å².